The third-order valence-electron chi connectivity index (χ3n) is 3.50. The van der Waals surface area contributed by atoms with Crippen molar-refractivity contribution in [2.75, 3.05) is 31.1 Å². The van der Waals surface area contributed by atoms with Gasteiger partial charge < -0.3 is 15.1 Å². The molecule has 0 spiro atoms. The Morgan fingerprint density at radius 2 is 2.14 bits per heavy atom. The molecule has 2 aromatic heterocycles. The summed E-state index contributed by atoms with van der Waals surface area (Å²) in [5.74, 6) is 0.862. The van der Waals surface area contributed by atoms with Crippen LogP contribution in [0, 0.1) is 6.92 Å². The fourth-order valence-corrected chi connectivity index (χ4v) is 3.05. The van der Waals surface area contributed by atoms with Crippen LogP contribution in [-0.2, 0) is 6.54 Å². The number of hydrogen-bond acceptors (Lipinski definition) is 6. The van der Waals surface area contributed by atoms with E-state index in [2.05, 4.69) is 25.2 Å². The van der Waals surface area contributed by atoms with Gasteiger partial charge in [0.2, 0.25) is 0 Å². The lowest BCUT2D eigenvalue weighted by atomic mass is 10.3. The van der Waals surface area contributed by atoms with E-state index in [0.717, 1.165) is 29.6 Å². The molecule has 0 aliphatic carbocycles. The van der Waals surface area contributed by atoms with Crippen molar-refractivity contribution in [3.8, 4) is 0 Å². The largest absolute Gasteiger partial charge is 0.352 e. The zero-order chi connectivity index (χ0) is 15.4. The molecule has 1 saturated heterocycles. The van der Waals surface area contributed by atoms with Crippen LogP contribution < -0.4 is 10.2 Å². The van der Waals surface area contributed by atoms with E-state index in [4.69, 9.17) is 0 Å². The van der Waals surface area contributed by atoms with Gasteiger partial charge in [-0.3, -0.25) is 4.98 Å². The van der Waals surface area contributed by atoms with Crippen LogP contribution >= 0.6 is 11.3 Å². The quantitative estimate of drug-likeness (QED) is 0.922. The maximum Gasteiger partial charge on any atom is 0.317 e. The number of amides is 2. The Morgan fingerprint density at radius 3 is 2.77 bits per heavy atom. The van der Waals surface area contributed by atoms with E-state index in [-0.39, 0.29) is 6.03 Å². The standard InChI is InChI=1S/C14H18N6OS/c1-11-10-22-13(18-11)9-17-14(21)20-6-4-19(5-7-20)12-8-15-2-3-16-12/h2-3,8,10H,4-7,9H2,1H3,(H,17,21). The molecule has 22 heavy (non-hydrogen) atoms. The van der Waals surface area contributed by atoms with E-state index in [1.165, 1.54) is 0 Å². The average Bonchev–Trinajstić information content (AvgIpc) is 2.99. The lowest BCUT2D eigenvalue weighted by Gasteiger charge is -2.35. The van der Waals surface area contributed by atoms with Gasteiger partial charge in [-0.25, -0.2) is 14.8 Å². The van der Waals surface area contributed by atoms with E-state index < -0.39 is 0 Å². The second kappa shape index (κ2) is 6.69. The highest BCUT2D eigenvalue weighted by molar-refractivity contribution is 7.09. The van der Waals surface area contributed by atoms with Gasteiger partial charge in [-0.05, 0) is 6.92 Å². The van der Waals surface area contributed by atoms with Gasteiger partial charge in [0.1, 0.15) is 10.8 Å². The normalized spacial score (nSPS) is 15.0. The van der Waals surface area contributed by atoms with Gasteiger partial charge in [0.15, 0.2) is 0 Å². The minimum atomic E-state index is -0.0355. The summed E-state index contributed by atoms with van der Waals surface area (Å²) in [5, 5.41) is 5.85. The first kappa shape index (κ1) is 14.7. The minimum Gasteiger partial charge on any atom is -0.352 e. The predicted octanol–water partition coefficient (Wildman–Crippen LogP) is 1.27. The maximum absolute atomic E-state index is 12.2. The van der Waals surface area contributed by atoms with Crippen LogP contribution in [0.3, 0.4) is 0 Å². The third kappa shape index (κ3) is 3.51. The van der Waals surface area contributed by atoms with E-state index in [9.17, 15) is 4.79 Å². The van der Waals surface area contributed by atoms with Crippen molar-refractivity contribution >= 4 is 23.2 Å². The van der Waals surface area contributed by atoms with Crippen molar-refractivity contribution in [1.29, 1.82) is 0 Å². The molecule has 3 rings (SSSR count). The molecule has 1 aliphatic heterocycles. The molecule has 3 heterocycles. The molecule has 0 bridgehead atoms. The van der Waals surface area contributed by atoms with Crippen molar-refractivity contribution in [2.24, 2.45) is 0 Å². The first-order chi connectivity index (χ1) is 10.7. The van der Waals surface area contributed by atoms with Gasteiger partial charge in [-0.1, -0.05) is 0 Å². The Morgan fingerprint density at radius 1 is 1.32 bits per heavy atom. The van der Waals surface area contributed by atoms with Crippen LogP contribution in [0.25, 0.3) is 0 Å². The molecule has 0 unspecified atom stereocenters. The van der Waals surface area contributed by atoms with E-state index >= 15 is 0 Å². The first-order valence-corrected chi connectivity index (χ1v) is 8.05. The van der Waals surface area contributed by atoms with Crippen molar-refractivity contribution in [3.05, 3.63) is 34.7 Å². The number of carbonyl (C=O) groups is 1. The minimum absolute atomic E-state index is 0.0355. The highest BCUT2D eigenvalue weighted by atomic mass is 32.1. The van der Waals surface area contributed by atoms with Crippen LogP contribution in [0.4, 0.5) is 10.6 Å². The lowest BCUT2D eigenvalue weighted by molar-refractivity contribution is 0.194. The molecule has 2 aromatic rings. The number of aromatic nitrogens is 3. The summed E-state index contributed by atoms with van der Waals surface area (Å²) in [4.78, 5) is 28.8. The number of rotatable bonds is 3. The Balaban J connectivity index is 1.47. The Bertz CT molecular complexity index is 623. The van der Waals surface area contributed by atoms with Crippen LogP contribution in [-0.4, -0.2) is 52.1 Å². The van der Waals surface area contributed by atoms with Crippen LogP contribution in [0.5, 0.6) is 0 Å². The molecule has 1 fully saturated rings. The van der Waals surface area contributed by atoms with Gasteiger partial charge in [0.05, 0.1) is 12.7 Å². The smallest absolute Gasteiger partial charge is 0.317 e. The molecular formula is C14H18N6OS. The average molecular weight is 318 g/mol. The molecule has 0 atom stereocenters. The van der Waals surface area contributed by atoms with Gasteiger partial charge in [-0.2, -0.15) is 0 Å². The summed E-state index contributed by atoms with van der Waals surface area (Å²) in [6.07, 6.45) is 5.10. The number of urea groups is 1. The number of piperazine rings is 1. The predicted molar refractivity (Wildman–Crippen MR) is 84.9 cm³/mol. The Hall–Kier alpha value is -2.22. The highest BCUT2D eigenvalue weighted by Gasteiger charge is 2.21. The first-order valence-electron chi connectivity index (χ1n) is 7.17. The topological polar surface area (TPSA) is 74.2 Å². The van der Waals surface area contributed by atoms with Crippen molar-refractivity contribution < 1.29 is 4.79 Å². The molecule has 7 nitrogen and oxygen atoms in total. The van der Waals surface area contributed by atoms with Crippen molar-refractivity contribution in [2.45, 2.75) is 13.5 Å². The summed E-state index contributed by atoms with van der Waals surface area (Å²) >= 11 is 1.57. The summed E-state index contributed by atoms with van der Waals surface area (Å²) in [6, 6.07) is -0.0355. The van der Waals surface area contributed by atoms with E-state index in [1.807, 2.05) is 17.2 Å². The summed E-state index contributed by atoms with van der Waals surface area (Å²) in [5.41, 5.74) is 0.992. The highest BCUT2D eigenvalue weighted by Crippen LogP contribution is 2.12. The summed E-state index contributed by atoms with van der Waals surface area (Å²) < 4.78 is 0. The second-order valence-corrected chi connectivity index (χ2v) is 6.02. The Kier molecular flexibility index (Phi) is 4.47. The molecule has 8 heteroatoms. The van der Waals surface area contributed by atoms with Crippen molar-refractivity contribution in [1.82, 2.24) is 25.2 Å². The molecule has 2 amide bonds. The number of carbonyl (C=O) groups excluding carboxylic acids is 1. The van der Waals surface area contributed by atoms with Crippen LogP contribution in [0.2, 0.25) is 0 Å². The maximum atomic E-state index is 12.2. The molecule has 0 radical (unpaired) electrons. The Labute approximate surface area is 133 Å². The van der Waals surface area contributed by atoms with Gasteiger partial charge in [0.25, 0.3) is 0 Å². The number of thiazole rings is 1. The van der Waals surface area contributed by atoms with Crippen LogP contribution in [0.15, 0.2) is 24.0 Å². The number of nitrogens with zero attached hydrogens (tertiary/aromatic N) is 5. The zero-order valence-corrected chi connectivity index (χ0v) is 13.2. The van der Waals surface area contributed by atoms with E-state index in [1.54, 1.807) is 29.9 Å². The monoisotopic (exact) mass is 318 g/mol. The van der Waals surface area contributed by atoms with Gasteiger partial charge in [-0.15, -0.1) is 11.3 Å². The molecule has 1 N–H and O–H groups in total. The molecule has 0 saturated carbocycles. The van der Waals surface area contributed by atoms with Crippen LogP contribution in [0.1, 0.15) is 10.7 Å². The second-order valence-electron chi connectivity index (χ2n) is 5.08. The van der Waals surface area contributed by atoms with E-state index in [0.29, 0.717) is 19.6 Å². The summed E-state index contributed by atoms with van der Waals surface area (Å²) in [6.45, 7) is 5.33. The lowest BCUT2D eigenvalue weighted by Crippen LogP contribution is -2.51. The van der Waals surface area contributed by atoms with Crippen molar-refractivity contribution in [3.63, 3.8) is 0 Å². The number of hydrogen-bond donors (Lipinski definition) is 1. The fraction of sp³-hybridized carbons (Fsp3) is 0.429. The number of aryl methyl sites for hydroxylation is 1. The number of nitrogens with one attached hydrogen (secondary N) is 1. The summed E-state index contributed by atoms with van der Waals surface area (Å²) in [7, 11) is 0. The molecule has 0 aromatic carbocycles. The third-order valence-corrected chi connectivity index (χ3v) is 4.46. The van der Waals surface area contributed by atoms with Gasteiger partial charge >= 0.3 is 6.03 Å². The molecule has 1 aliphatic rings. The molecular weight excluding hydrogens is 300 g/mol. The van der Waals surface area contributed by atoms with Gasteiger partial charge in [0, 0.05) is 49.6 Å². The SMILES string of the molecule is Cc1csc(CNC(=O)N2CCN(c3cnccn3)CC2)n1. The fourth-order valence-electron chi connectivity index (χ4n) is 2.34. The number of anilines is 1. The molecule has 116 valence electrons. The zero-order valence-electron chi connectivity index (χ0n) is 12.4.